The number of hydrogen-bond donors (Lipinski definition) is 2. The van der Waals surface area contributed by atoms with Crippen LogP contribution in [0.5, 0.6) is 0 Å². The van der Waals surface area contributed by atoms with Gasteiger partial charge < -0.3 is 10.6 Å². The molecule has 2 rings (SSSR count). The van der Waals surface area contributed by atoms with Crippen LogP contribution in [0.25, 0.3) is 0 Å². The van der Waals surface area contributed by atoms with Gasteiger partial charge in [0.15, 0.2) is 5.16 Å². The Hall–Kier alpha value is -1.46. The van der Waals surface area contributed by atoms with Crippen LogP contribution in [0.1, 0.15) is 5.56 Å². The van der Waals surface area contributed by atoms with E-state index in [2.05, 4.69) is 20.6 Å². The SMILES string of the molecule is CNc1cc(NCc2cccc(Cl)c2)nc(SC)n1. The third-order valence-electron chi connectivity index (χ3n) is 2.51. The lowest BCUT2D eigenvalue weighted by Crippen LogP contribution is -2.04. The van der Waals surface area contributed by atoms with E-state index in [1.807, 2.05) is 43.6 Å². The van der Waals surface area contributed by atoms with Crippen LogP contribution in [0.4, 0.5) is 11.6 Å². The Morgan fingerprint density at radius 2 is 2.00 bits per heavy atom. The number of rotatable bonds is 5. The molecule has 2 aromatic rings. The van der Waals surface area contributed by atoms with Crippen molar-refractivity contribution in [3.63, 3.8) is 0 Å². The Kier molecular flexibility index (Phi) is 4.87. The lowest BCUT2D eigenvalue weighted by atomic mass is 10.2. The molecule has 0 unspecified atom stereocenters. The van der Waals surface area contributed by atoms with Crippen LogP contribution in [0.15, 0.2) is 35.5 Å². The number of nitrogens with one attached hydrogen (secondary N) is 2. The van der Waals surface area contributed by atoms with Crippen LogP contribution in [0.2, 0.25) is 5.02 Å². The lowest BCUT2D eigenvalue weighted by molar-refractivity contribution is 0.958. The molecule has 4 nitrogen and oxygen atoms in total. The molecular formula is C13H15ClN4S. The smallest absolute Gasteiger partial charge is 0.191 e. The van der Waals surface area contributed by atoms with E-state index in [0.717, 1.165) is 27.4 Å². The van der Waals surface area contributed by atoms with Gasteiger partial charge in [-0.3, -0.25) is 0 Å². The van der Waals surface area contributed by atoms with Crippen molar-refractivity contribution < 1.29 is 0 Å². The average molecular weight is 295 g/mol. The van der Waals surface area contributed by atoms with Gasteiger partial charge >= 0.3 is 0 Å². The maximum atomic E-state index is 5.96. The van der Waals surface area contributed by atoms with Crippen molar-refractivity contribution in [3.05, 3.63) is 40.9 Å². The van der Waals surface area contributed by atoms with Crippen LogP contribution < -0.4 is 10.6 Å². The summed E-state index contributed by atoms with van der Waals surface area (Å²) in [6.45, 7) is 0.675. The normalized spacial score (nSPS) is 10.3. The molecule has 0 atom stereocenters. The Morgan fingerprint density at radius 1 is 1.21 bits per heavy atom. The largest absolute Gasteiger partial charge is 0.373 e. The van der Waals surface area contributed by atoms with E-state index >= 15 is 0 Å². The Balaban J connectivity index is 2.10. The quantitative estimate of drug-likeness (QED) is 0.653. The summed E-state index contributed by atoms with van der Waals surface area (Å²) in [5.74, 6) is 1.59. The molecular weight excluding hydrogens is 280 g/mol. The zero-order chi connectivity index (χ0) is 13.7. The molecule has 0 aliphatic heterocycles. The average Bonchev–Trinajstić information content (AvgIpc) is 2.44. The number of anilines is 2. The summed E-state index contributed by atoms with van der Waals surface area (Å²) >= 11 is 7.47. The van der Waals surface area contributed by atoms with E-state index < -0.39 is 0 Å². The van der Waals surface area contributed by atoms with Gasteiger partial charge in [-0.05, 0) is 24.0 Å². The lowest BCUT2D eigenvalue weighted by Gasteiger charge is -2.09. The van der Waals surface area contributed by atoms with Crippen LogP contribution in [-0.4, -0.2) is 23.3 Å². The second kappa shape index (κ2) is 6.63. The van der Waals surface area contributed by atoms with Gasteiger partial charge in [0.25, 0.3) is 0 Å². The van der Waals surface area contributed by atoms with Gasteiger partial charge in [0.1, 0.15) is 11.6 Å². The van der Waals surface area contributed by atoms with E-state index in [1.54, 1.807) is 0 Å². The highest BCUT2D eigenvalue weighted by Gasteiger charge is 2.03. The number of thioether (sulfide) groups is 1. The highest BCUT2D eigenvalue weighted by molar-refractivity contribution is 7.98. The first kappa shape index (κ1) is 14.0. The molecule has 0 spiro atoms. The minimum Gasteiger partial charge on any atom is -0.373 e. The van der Waals surface area contributed by atoms with Crippen LogP contribution in [0, 0.1) is 0 Å². The maximum absolute atomic E-state index is 5.96. The number of hydrogen-bond acceptors (Lipinski definition) is 5. The summed E-state index contributed by atoms with van der Waals surface area (Å²) in [6.07, 6.45) is 1.95. The highest BCUT2D eigenvalue weighted by atomic mass is 35.5. The first-order valence-electron chi connectivity index (χ1n) is 5.80. The van der Waals surface area contributed by atoms with Crippen LogP contribution in [0.3, 0.4) is 0 Å². The van der Waals surface area contributed by atoms with Gasteiger partial charge in [0, 0.05) is 24.7 Å². The number of aromatic nitrogens is 2. The van der Waals surface area contributed by atoms with E-state index in [4.69, 9.17) is 11.6 Å². The van der Waals surface area contributed by atoms with E-state index in [0.29, 0.717) is 6.54 Å². The molecule has 0 aliphatic rings. The predicted octanol–water partition coefficient (Wildman–Crippen LogP) is 3.51. The Bertz CT molecular complexity index is 540. The third-order valence-corrected chi connectivity index (χ3v) is 3.29. The summed E-state index contributed by atoms with van der Waals surface area (Å²) in [7, 11) is 1.84. The molecule has 1 aromatic heterocycles. The second-order valence-corrected chi connectivity index (χ2v) is 5.07. The molecule has 0 saturated carbocycles. The first-order chi connectivity index (χ1) is 9.21. The monoisotopic (exact) mass is 294 g/mol. The first-order valence-corrected chi connectivity index (χ1v) is 7.40. The minimum atomic E-state index is 0.675. The van der Waals surface area contributed by atoms with Crippen molar-refractivity contribution in [1.29, 1.82) is 0 Å². The molecule has 0 bridgehead atoms. The van der Waals surface area contributed by atoms with Crippen molar-refractivity contribution in [2.75, 3.05) is 23.9 Å². The molecule has 0 radical (unpaired) electrons. The van der Waals surface area contributed by atoms with Crippen molar-refractivity contribution in [1.82, 2.24) is 9.97 Å². The fourth-order valence-corrected chi connectivity index (χ4v) is 2.17. The molecule has 19 heavy (non-hydrogen) atoms. The summed E-state index contributed by atoms with van der Waals surface area (Å²) in [5, 5.41) is 7.77. The molecule has 0 aliphatic carbocycles. The second-order valence-electron chi connectivity index (χ2n) is 3.86. The van der Waals surface area contributed by atoms with Crippen LogP contribution >= 0.6 is 23.4 Å². The standard InChI is InChI=1S/C13H15ClN4S/c1-15-11-7-12(18-13(17-11)19-2)16-8-9-4-3-5-10(14)6-9/h3-7H,8H2,1-2H3,(H2,15,16,17,18). The van der Waals surface area contributed by atoms with Gasteiger partial charge in [-0.1, -0.05) is 35.5 Å². The molecule has 6 heteroatoms. The van der Waals surface area contributed by atoms with Crippen molar-refractivity contribution in [2.45, 2.75) is 11.7 Å². The molecule has 0 saturated heterocycles. The number of nitrogens with zero attached hydrogens (tertiary/aromatic N) is 2. The van der Waals surface area contributed by atoms with Crippen molar-refractivity contribution >= 4 is 35.0 Å². The zero-order valence-corrected chi connectivity index (χ0v) is 12.3. The number of halogens is 1. The summed E-state index contributed by atoms with van der Waals surface area (Å²) < 4.78 is 0. The van der Waals surface area contributed by atoms with E-state index in [1.165, 1.54) is 11.8 Å². The van der Waals surface area contributed by atoms with Gasteiger partial charge in [-0.15, -0.1) is 0 Å². The van der Waals surface area contributed by atoms with Gasteiger partial charge in [-0.2, -0.15) is 0 Å². The van der Waals surface area contributed by atoms with Crippen molar-refractivity contribution in [3.8, 4) is 0 Å². The van der Waals surface area contributed by atoms with E-state index in [9.17, 15) is 0 Å². The Labute approximate surface area is 122 Å². The van der Waals surface area contributed by atoms with Gasteiger partial charge in [0.05, 0.1) is 0 Å². The molecule has 1 aromatic carbocycles. The van der Waals surface area contributed by atoms with Crippen molar-refractivity contribution in [2.24, 2.45) is 0 Å². The molecule has 1 heterocycles. The molecule has 100 valence electrons. The van der Waals surface area contributed by atoms with Gasteiger partial charge in [0.2, 0.25) is 0 Å². The fourth-order valence-electron chi connectivity index (χ4n) is 1.57. The predicted molar refractivity (Wildman–Crippen MR) is 82.1 cm³/mol. The fraction of sp³-hybridized carbons (Fsp3) is 0.231. The van der Waals surface area contributed by atoms with Crippen LogP contribution in [-0.2, 0) is 6.54 Å². The van der Waals surface area contributed by atoms with E-state index in [-0.39, 0.29) is 0 Å². The molecule has 2 N–H and O–H groups in total. The van der Waals surface area contributed by atoms with Gasteiger partial charge in [-0.25, -0.2) is 9.97 Å². The highest BCUT2D eigenvalue weighted by Crippen LogP contribution is 2.18. The summed E-state index contributed by atoms with van der Waals surface area (Å²) in [5.41, 5.74) is 1.11. The topological polar surface area (TPSA) is 49.8 Å². The minimum absolute atomic E-state index is 0.675. The summed E-state index contributed by atoms with van der Waals surface area (Å²) in [6, 6.07) is 9.63. The maximum Gasteiger partial charge on any atom is 0.191 e. The zero-order valence-electron chi connectivity index (χ0n) is 10.8. The molecule has 0 fully saturated rings. The third kappa shape index (κ3) is 4.01. The molecule has 0 amide bonds. The Morgan fingerprint density at radius 3 is 2.68 bits per heavy atom. The summed E-state index contributed by atoms with van der Waals surface area (Å²) in [4.78, 5) is 8.72. The number of benzene rings is 1.